The lowest BCUT2D eigenvalue weighted by atomic mass is 10.0. The summed E-state index contributed by atoms with van der Waals surface area (Å²) in [6.45, 7) is 5.72. The third kappa shape index (κ3) is 3.69. The Balaban J connectivity index is 2.10. The van der Waals surface area contributed by atoms with Crippen LogP contribution in [0.1, 0.15) is 25.0 Å². The predicted molar refractivity (Wildman–Crippen MR) is 109 cm³/mol. The van der Waals surface area contributed by atoms with E-state index in [0.29, 0.717) is 28.3 Å². The summed E-state index contributed by atoms with van der Waals surface area (Å²) in [7, 11) is 1.59. The van der Waals surface area contributed by atoms with Crippen LogP contribution in [0.4, 0.5) is 5.69 Å². The van der Waals surface area contributed by atoms with E-state index in [0.717, 1.165) is 11.1 Å². The highest BCUT2D eigenvalue weighted by Crippen LogP contribution is 2.36. The van der Waals surface area contributed by atoms with E-state index >= 15 is 0 Å². The Morgan fingerprint density at radius 2 is 1.82 bits per heavy atom. The molecule has 28 heavy (non-hydrogen) atoms. The Kier molecular flexibility index (Phi) is 5.64. The molecule has 2 aromatic carbocycles. The molecule has 0 unspecified atom stereocenters. The molecule has 1 aliphatic rings. The minimum absolute atomic E-state index is 0.240. The van der Waals surface area contributed by atoms with Crippen LogP contribution in [0, 0.1) is 6.92 Å². The average Bonchev–Trinajstić information content (AvgIpc) is 2.92. The zero-order valence-corrected chi connectivity index (χ0v) is 16.5. The normalized spacial score (nSPS) is 15.4. The highest BCUT2D eigenvalue weighted by atomic mass is 16.5. The quantitative estimate of drug-likeness (QED) is 0.577. The van der Waals surface area contributed by atoms with Crippen molar-refractivity contribution in [1.82, 2.24) is 0 Å². The molecule has 5 heteroatoms. The van der Waals surface area contributed by atoms with Crippen molar-refractivity contribution < 1.29 is 19.1 Å². The van der Waals surface area contributed by atoms with Crippen LogP contribution in [0.15, 0.2) is 65.4 Å². The first-order valence-electron chi connectivity index (χ1n) is 9.11. The summed E-state index contributed by atoms with van der Waals surface area (Å²) in [5, 5.41) is 0. The van der Waals surface area contributed by atoms with E-state index in [1.165, 1.54) is 4.90 Å². The number of allylic oxidation sites excluding steroid dienone is 1. The van der Waals surface area contributed by atoms with Crippen LogP contribution in [0.25, 0.3) is 6.08 Å². The van der Waals surface area contributed by atoms with Crippen LogP contribution in [0.5, 0.6) is 5.75 Å². The fourth-order valence-electron chi connectivity index (χ4n) is 3.25. The van der Waals surface area contributed by atoms with Gasteiger partial charge in [-0.1, -0.05) is 29.8 Å². The lowest BCUT2D eigenvalue weighted by molar-refractivity contribution is -0.138. The summed E-state index contributed by atoms with van der Waals surface area (Å²) in [5.74, 6) is -0.0614. The molecular formula is C23H23NO4. The summed E-state index contributed by atoms with van der Waals surface area (Å²) in [5.41, 5.74) is 3.77. The molecule has 0 radical (unpaired) electrons. The van der Waals surface area contributed by atoms with E-state index in [9.17, 15) is 9.59 Å². The molecule has 5 nitrogen and oxygen atoms in total. The summed E-state index contributed by atoms with van der Waals surface area (Å²) < 4.78 is 10.4. The Bertz CT molecular complexity index is 970. The number of hydrogen-bond donors (Lipinski definition) is 0. The molecule has 3 rings (SSSR count). The van der Waals surface area contributed by atoms with Crippen LogP contribution in [-0.4, -0.2) is 25.6 Å². The molecule has 0 fully saturated rings. The van der Waals surface area contributed by atoms with Crippen LogP contribution in [0.2, 0.25) is 0 Å². The zero-order valence-electron chi connectivity index (χ0n) is 16.5. The molecule has 0 spiro atoms. The van der Waals surface area contributed by atoms with Gasteiger partial charge in [-0.25, -0.2) is 4.79 Å². The molecule has 0 saturated carbocycles. The molecule has 0 bridgehead atoms. The maximum absolute atomic E-state index is 13.3. The van der Waals surface area contributed by atoms with Crippen molar-refractivity contribution in [3.05, 3.63) is 76.5 Å². The largest absolute Gasteiger partial charge is 0.497 e. The summed E-state index contributed by atoms with van der Waals surface area (Å²) in [6, 6.07) is 14.9. The molecule has 144 valence electrons. The van der Waals surface area contributed by atoms with Gasteiger partial charge in [-0.05, 0) is 56.7 Å². The van der Waals surface area contributed by atoms with E-state index in [-0.39, 0.29) is 12.5 Å². The Hall–Kier alpha value is -3.34. The van der Waals surface area contributed by atoms with Crippen LogP contribution in [-0.2, 0) is 14.3 Å². The standard InChI is InChI=1S/C23H23NO4/c1-5-28-23(26)21-16(3)24(18-9-11-19(27-4)12-10-18)22(25)20(21)14-17-8-6-7-15(2)13-17/h6-14H,5H2,1-4H3/b20-14-. The minimum atomic E-state index is -0.497. The first-order chi connectivity index (χ1) is 13.5. The monoisotopic (exact) mass is 377 g/mol. The van der Waals surface area contributed by atoms with Gasteiger partial charge in [0, 0.05) is 11.4 Å². The van der Waals surface area contributed by atoms with Gasteiger partial charge in [0.2, 0.25) is 0 Å². The third-order valence-electron chi connectivity index (χ3n) is 4.56. The summed E-state index contributed by atoms with van der Waals surface area (Å²) in [6.07, 6.45) is 1.74. The number of rotatable bonds is 5. The lowest BCUT2D eigenvalue weighted by Gasteiger charge is -2.18. The molecule has 0 atom stereocenters. The van der Waals surface area contributed by atoms with Gasteiger partial charge in [0.25, 0.3) is 5.91 Å². The van der Waals surface area contributed by atoms with Crippen LogP contribution < -0.4 is 9.64 Å². The molecule has 2 aromatic rings. The number of aryl methyl sites for hydroxylation is 1. The number of amides is 1. The molecule has 0 N–H and O–H groups in total. The Morgan fingerprint density at radius 1 is 1.11 bits per heavy atom. The van der Waals surface area contributed by atoms with Crippen molar-refractivity contribution in [2.75, 3.05) is 18.6 Å². The number of nitrogens with zero attached hydrogens (tertiary/aromatic N) is 1. The SMILES string of the molecule is CCOC(=O)C1=C(C)N(c2ccc(OC)cc2)C(=O)/C1=C\c1cccc(C)c1. The number of carbonyl (C=O) groups is 2. The van der Waals surface area contributed by atoms with Crippen LogP contribution >= 0.6 is 0 Å². The molecule has 1 heterocycles. The number of benzene rings is 2. The van der Waals surface area contributed by atoms with Crippen molar-refractivity contribution >= 4 is 23.6 Å². The molecule has 1 aliphatic heterocycles. The predicted octanol–water partition coefficient (Wildman–Crippen LogP) is 4.27. The highest BCUT2D eigenvalue weighted by molar-refractivity contribution is 6.23. The number of esters is 1. The second kappa shape index (κ2) is 8.13. The van der Waals surface area contributed by atoms with E-state index < -0.39 is 5.97 Å². The molecule has 0 aromatic heterocycles. The van der Waals surface area contributed by atoms with E-state index in [1.807, 2.05) is 31.2 Å². The van der Waals surface area contributed by atoms with Crippen molar-refractivity contribution in [3.8, 4) is 5.75 Å². The minimum Gasteiger partial charge on any atom is -0.497 e. The van der Waals surface area contributed by atoms with Gasteiger partial charge in [0.1, 0.15) is 5.75 Å². The third-order valence-corrected chi connectivity index (χ3v) is 4.56. The smallest absolute Gasteiger partial charge is 0.340 e. The Morgan fingerprint density at radius 3 is 2.43 bits per heavy atom. The second-order valence-electron chi connectivity index (χ2n) is 6.49. The van der Waals surface area contributed by atoms with Crippen LogP contribution in [0.3, 0.4) is 0 Å². The summed E-state index contributed by atoms with van der Waals surface area (Å²) in [4.78, 5) is 27.4. The van der Waals surface area contributed by atoms with Gasteiger partial charge in [-0.15, -0.1) is 0 Å². The number of carbonyl (C=O) groups excluding carboxylic acids is 2. The Labute approximate surface area is 164 Å². The van der Waals surface area contributed by atoms with Gasteiger partial charge in [-0.3, -0.25) is 9.69 Å². The fourth-order valence-corrected chi connectivity index (χ4v) is 3.25. The summed E-state index contributed by atoms with van der Waals surface area (Å²) >= 11 is 0. The van der Waals surface area contributed by atoms with Crippen molar-refractivity contribution in [2.45, 2.75) is 20.8 Å². The van der Waals surface area contributed by atoms with E-state index in [4.69, 9.17) is 9.47 Å². The molecular weight excluding hydrogens is 354 g/mol. The lowest BCUT2D eigenvalue weighted by Crippen LogP contribution is -2.24. The molecule has 0 aliphatic carbocycles. The van der Waals surface area contributed by atoms with E-state index in [1.54, 1.807) is 51.3 Å². The first-order valence-corrected chi connectivity index (χ1v) is 9.11. The molecule has 0 saturated heterocycles. The van der Waals surface area contributed by atoms with Gasteiger partial charge >= 0.3 is 5.97 Å². The topological polar surface area (TPSA) is 55.8 Å². The number of hydrogen-bond acceptors (Lipinski definition) is 4. The second-order valence-corrected chi connectivity index (χ2v) is 6.49. The maximum atomic E-state index is 13.3. The highest BCUT2D eigenvalue weighted by Gasteiger charge is 2.38. The number of ether oxygens (including phenoxy) is 2. The average molecular weight is 377 g/mol. The number of methoxy groups -OCH3 is 1. The van der Waals surface area contributed by atoms with Gasteiger partial charge in [-0.2, -0.15) is 0 Å². The van der Waals surface area contributed by atoms with Gasteiger partial charge in [0.15, 0.2) is 0 Å². The van der Waals surface area contributed by atoms with Crippen molar-refractivity contribution in [2.24, 2.45) is 0 Å². The number of anilines is 1. The molecule has 1 amide bonds. The zero-order chi connectivity index (χ0) is 20.3. The van der Waals surface area contributed by atoms with E-state index in [2.05, 4.69) is 0 Å². The van der Waals surface area contributed by atoms with Gasteiger partial charge < -0.3 is 9.47 Å². The fraction of sp³-hybridized carbons (Fsp3) is 0.217. The van der Waals surface area contributed by atoms with Gasteiger partial charge in [0.05, 0.1) is 24.9 Å². The maximum Gasteiger partial charge on any atom is 0.340 e. The van der Waals surface area contributed by atoms with Crippen molar-refractivity contribution in [3.63, 3.8) is 0 Å². The van der Waals surface area contributed by atoms with Crippen molar-refractivity contribution in [1.29, 1.82) is 0 Å². The first kappa shape index (κ1) is 19.4.